The third-order valence-corrected chi connectivity index (χ3v) is 1.52. The number of alkyl halides is 3. The fourth-order valence-corrected chi connectivity index (χ4v) is 0.819. The number of rotatable bonds is 3. The Morgan fingerprint density at radius 3 is 2.40 bits per heavy atom. The smallest absolute Gasteiger partial charge is 0.386 e. The Labute approximate surface area is 85.4 Å². The van der Waals surface area contributed by atoms with Crippen molar-refractivity contribution in [3.8, 4) is 0 Å². The first-order valence-electron chi connectivity index (χ1n) is 4.19. The monoisotopic (exact) mass is 216 g/mol. The largest absolute Gasteiger partial charge is 0.425 e. The van der Waals surface area contributed by atoms with Gasteiger partial charge in [-0.1, -0.05) is 35.0 Å². The minimum atomic E-state index is -4.36. The van der Waals surface area contributed by atoms with Gasteiger partial charge in [0.15, 0.2) is 0 Å². The molecule has 0 aliphatic rings. The molecule has 1 aromatic carbocycles. The van der Waals surface area contributed by atoms with Crippen molar-refractivity contribution in [1.29, 1.82) is 0 Å². The molecule has 0 aliphatic carbocycles. The van der Waals surface area contributed by atoms with Gasteiger partial charge in [0, 0.05) is 5.56 Å². The molecule has 1 rings (SSSR count). The van der Waals surface area contributed by atoms with E-state index >= 15 is 0 Å². The van der Waals surface area contributed by atoms with Crippen LogP contribution in [0.2, 0.25) is 0 Å². The molecule has 0 heterocycles. The molecule has 1 aromatic rings. The topological polar surface area (TPSA) is 21.6 Å². The van der Waals surface area contributed by atoms with Crippen LogP contribution < -0.4 is 0 Å². The number of aryl methyl sites for hydroxylation is 1. The van der Waals surface area contributed by atoms with E-state index in [9.17, 15) is 13.2 Å². The maximum atomic E-state index is 11.6. The van der Waals surface area contributed by atoms with Crippen molar-refractivity contribution in [2.45, 2.75) is 13.1 Å². The molecule has 0 spiro atoms. The van der Waals surface area contributed by atoms with Crippen LogP contribution in [0.1, 0.15) is 11.1 Å². The van der Waals surface area contributed by atoms with Gasteiger partial charge in [-0.25, -0.2) is 0 Å². The first-order valence-corrected chi connectivity index (χ1v) is 4.19. The molecular weight excluding hydrogens is 207 g/mol. The van der Waals surface area contributed by atoms with Gasteiger partial charge in [0.1, 0.15) is 6.21 Å². The average molecular weight is 216 g/mol. The normalized spacial score (nSPS) is 12.0. The average Bonchev–Trinajstić information content (AvgIpc) is 2.14. The summed E-state index contributed by atoms with van der Waals surface area (Å²) < 4.78 is 34.9. The van der Waals surface area contributed by atoms with Gasteiger partial charge < -0.3 is 4.84 Å². The Kier molecular flexibility index (Phi) is 3.71. The summed E-state index contributed by atoms with van der Waals surface area (Å²) in [5, 5.41) is 3.09. The van der Waals surface area contributed by atoms with Gasteiger partial charge in [-0.3, -0.25) is 0 Å². The molecule has 2 nitrogen and oxygen atoms in total. The van der Waals surface area contributed by atoms with E-state index in [1.807, 2.05) is 19.1 Å². The zero-order valence-corrected chi connectivity index (χ0v) is 8.01. The molecule has 0 aromatic heterocycles. The molecule has 81 valence electrons. The molecular formula is C10H9F3NO. The highest BCUT2D eigenvalue weighted by Gasteiger charge is 2.28. The summed E-state index contributed by atoms with van der Waals surface area (Å²) in [4.78, 5) is 4.02. The Balaban J connectivity index is 2.42. The van der Waals surface area contributed by atoms with Crippen molar-refractivity contribution in [2.24, 2.45) is 5.16 Å². The van der Waals surface area contributed by atoms with Gasteiger partial charge in [0.05, 0.1) is 0 Å². The summed E-state index contributed by atoms with van der Waals surface area (Å²) in [7, 11) is 0. The van der Waals surface area contributed by atoms with Crippen molar-refractivity contribution in [3.63, 3.8) is 0 Å². The van der Waals surface area contributed by atoms with E-state index in [0.717, 1.165) is 5.56 Å². The molecule has 0 unspecified atom stereocenters. The van der Waals surface area contributed by atoms with Crippen molar-refractivity contribution in [3.05, 3.63) is 35.4 Å². The Hall–Kier alpha value is -1.52. The van der Waals surface area contributed by atoms with E-state index < -0.39 is 12.8 Å². The fourth-order valence-electron chi connectivity index (χ4n) is 0.819. The van der Waals surface area contributed by atoms with Crippen molar-refractivity contribution < 1.29 is 18.0 Å². The van der Waals surface area contributed by atoms with Gasteiger partial charge in [-0.05, 0) is 6.92 Å². The Morgan fingerprint density at radius 2 is 1.87 bits per heavy atom. The van der Waals surface area contributed by atoms with Crippen molar-refractivity contribution >= 4 is 6.21 Å². The quantitative estimate of drug-likeness (QED) is 0.562. The van der Waals surface area contributed by atoms with Crippen LogP contribution in [0.15, 0.2) is 29.4 Å². The van der Waals surface area contributed by atoms with Crippen LogP contribution in [0, 0.1) is 6.92 Å². The molecule has 0 atom stereocenters. The lowest BCUT2D eigenvalue weighted by Gasteiger charge is -2.02. The minimum Gasteiger partial charge on any atom is -0.386 e. The van der Waals surface area contributed by atoms with Crippen LogP contribution in [-0.2, 0) is 4.84 Å². The van der Waals surface area contributed by atoms with E-state index in [1.54, 1.807) is 12.1 Å². The highest BCUT2D eigenvalue weighted by atomic mass is 19.4. The minimum absolute atomic E-state index is 0.572. The summed E-state index contributed by atoms with van der Waals surface area (Å²) in [6, 6.07) is 6.99. The fraction of sp³-hybridized carbons (Fsp3) is 0.300. The van der Waals surface area contributed by atoms with Crippen LogP contribution in [-0.4, -0.2) is 19.0 Å². The van der Waals surface area contributed by atoms with E-state index in [1.165, 1.54) is 0 Å². The maximum absolute atomic E-state index is 11.6. The van der Waals surface area contributed by atoms with E-state index in [4.69, 9.17) is 0 Å². The SMILES string of the molecule is Cc1ccc(/[C]=N\OCC(F)(F)F)cc1. The second-order valence-corrected chi connectivity index (χ2v) is 2.96. The van der Waals surface area contributed by atoms with Gasteiger partial charge in [0.2, 0.25) is 6.61 Å². The molecule has 1 radical (unpaired) electrons. The number of hydrogen-bond acceptors (Lipinski definition) is 2. The molecule has 15 heavy (non-hydrogen) atoms. The van der Waals surface area contributed by atoms with Gasteiger partial charge in [0.25, 0.3) is 0 Å². The predicted octanol–water partition coefficient (Wildman–Crippen LogP) is 2.78. The van der Waals surface area contributed by atoms with Crippen LogP contribution in [0.5, 0.6) is 0 Å². The lowest BCUT2D eigenvalue weighted by molar-refractivity contribution is -0.173. The van der Waals surface area contributed by atoms with Crippen molar-refractivity contribution in [2.75, 3.05) is 6.61 Å². The van der Waals surface area contributed by atoms with Gasteiger partial charge in [-0.2, -0.15) is 13.2 Å². The van der Waals surface area contributed by atoms with Crippen LogP contribution in [0.4, 0.5) is 13.2 Å². The number of halogens is 3. The first-order chi connectivity index (χ1) is 6.97. The second kappa shape index (κ2) is 4.82. The summed E-state index contributed by atoms with van der Waals surface area (Å²) >= 11 is 0. The molecule has 0 N–H and O–H groups in total. The summed E-state index contributed by atoms with van der Waals surface area (Å²) in [6.07, 6.45) is -2.02. The molecule has 0 saturated heterocycles. The lowest BCUT2D eigenvalue weighted by atomic mass is 10.2. The molecule has 0 saturated carbocycles. The molecule has 5 heteroatoms. The van der Waals surface area contributed by atoms with E-state index in [2.05, 4.69) is 16.2 Å². The molecule has 0 bridgehead atoms. The van der Waals surface area contributed by atoms with Crippen LogP contribution in [0.3, 0.4) is 0 Å². The van der Waals surface area contributed by atoms with Gasteiger partial charge >= 0.3 is 6.18 Å². The van der Waals surface area contributed by atoms with Crippen LogP contribution in [0.25, 0.3) is 0 Å². The highest BCUT2D eigenvalue weighted by Crippen LogP contribution is 2.14. The van der Waals surface area contributed by atoms with Crippen molar-refractivity contribution in [1.82, 2.24) is 0 Å². The van der Waals surface area contributed by atoms with Crippen LogP contribution >= 0.6 is 0 Å². The Bertz CT molecular complexity index is 330. The summed E-state index contributed by atoms with van der Waals surface area (Å²) in [6.45, 7) is 0.507. The molecule has 0 amide bonds. The zero-order chi connectivity index (χ0) is 11.3. The number of hydrogen-bond donors (Lipinski definition) is 0. The number of nitrogens with zero attached hydrogens (tertiary/aromatic N) is 1. The Morgan fingerprint density at radius 1 is 1.27 bits per heavy atom. The standard InChI is InChI=1S/C10H9F3NO/c1-8-2-4-9(5-3-8)6-14-15-7-10(11,12)13/h2-5H,7H2,1H3. The highest BCUT2D eigenvalue weighted by molar-refractivity contribution is 5.79. The van der Waals surface area contributed by atoms with Gasteiger partial charge in [-0.15, -0.1) is 0 Å². The summed E-state index contributed by atoms with van der Waals surface area (Å²) in [5.74, 6) is 0. The summed E-state index contributed by atoms with van der Waals surface area (Å²) in [5.41, 5.74) is 1.62. The third kappa shape index (κ3) is 5.05. The second-order valence-electron chi connectivity index (χ2n) is 2.96. The lowest BCUT2D eigenvalue weighted by Crippen LogP contribution is -2.14. The van der Waals surface area contributed by atoms with E-state index in [-0.39, 0.29) is 0 Å². The zero-order valence-electron chi connectivity index (χ0n) is 8.01. The third-order valence-electron chi connectivity index (χ3n) is 1.52. The molecule has 0 aliphatic heterocycles. The molecule has 0 fully saturated rings. The maximum Gasteiger partial charge on any atom is 0.425 e. The number of benzene rings is 1. The van der Waals surface area contributed by atoms with E-state index in [0.29, 0.717) is 5.56 Å². The predicted molar refractivity (Wildman–Crippen MR) is 49.7 cm³/mol. The first kappa shape index (κ1) is 11.6.